The molecule has 0 radical (unpaired) electrons. The van der Waals surface area contributed by atoms with Crippen LogP contribution in [0.3, 0.4) is 0 Å². The molecule has 2 heterocycles. The van der Waals surface area contributed by atoms with Gasteiger partial charge in [0.1, 0.15) is 10.6 Å². The minimum absolute atomic E-state index is 0.0121. The fraction of sp³-hybridized carbons (Fsp3) is 0.529. The van der Waals surface area contributed by atoms with Gasteiger partial charge in [0.15, 0.2) is 6.10 Å². The summed E-state index contributed by atoms with van der Waals surface area (Å²) in [7, 11) is -2.35. The third kappa shape index (κ3) is 4.58. The first-order valence-corrected chi connectivity index (χ1v) is 10.9. The van der Waals surface area contributed by atoms with Crippen LogP contribution in [0.4, 0.5) is 10.5 Å². The zero-order chi connectivity index (χ0) is 21.2. The largest absolute Gasteiger partial charge is 0.479 e. The zero-order valence-corrected chi connectivity index (χ0v) is 17.7. The SMILES string of the molecule is COCCNC(=O)N1CCN(S(=O)(=O)c2cc3c(cc2Cl)NC(=O)[C@@H](C)O3)CC1. The number of hydrogen-bond donors (Lipinski definition) is 2. The van der Waals surface area contributed by atoms with E-state index in [1.54, 1.807) is 18.9 Å². The summed E-state index contributed by atoms with van der Waals surface area (Å²) in [6, 6.07) is 2.43. The number of ether oxygens (including phenoxy) is 2. The lowest BCUT2D eigenvalue weighted by Crippen LogP contribution is -2.53. The van der Waals surface area contributed by atoms with Gasteiger partial charge in [0.05, 0.1) is 17.3 Å². The molecule has 0 bridgehead atoms. The first-order chi connectivity index (χ1) is 13.7. The lowest BCUT2D eigenvalue weighted by molar-refractivity contribution is -0.122. The molecule has 0 aliphatic carbocycles. The van der Waals surface area contributed by atoms with Crippen LogP contribution in [0.5, 0.6) is 5.75 Å². The van der Waals surface area contributed by atoms with Crippen LogP contribution in [0, 0.1) is 0 Å². The van der Waals surface area contributed by atoms with Gasteiger partial charge in [-0.3, -0.25) is 4.79 Å². The number of methoxy groups -OCH3 is 1. The highest BCUT2D eigenvalue weighted by molar-refractivity contribution is 7.89. The molecule has 0 saturated carbocycles. The summed E-state index contributed by atoms with van der Waals surface area (Å²) in [5, 5.41) is 5.33. The Morgan fingerprint density at radius 1 is 1.34 bits per heavy atom. The molecular formula is C17H23ClN4O6S. The molecule has 1 aromatic rings. The minimum atomic E-state index is -3.90. The Hall–Kier alpha value is -2.08. The fourth-order valence-electron chi connectivity index (χ4n) is 3.05. The van der Waals surface area contributed by atoms with Crippen LogP contribution < -0.4 is 15.4 Å². The predicted molar refractivity (Wildman–Crippen MR) is 106 cm³/mol. The second-order valence-electron chi connectivity index (χ2n) is 6.64. The van der Waals surface area contributed by atoms with E-state index >= 15 is 0 Å². The number of carbonyl (C=O) groups excluding carboxylic acids is 2. The summed E-state index contributed by atoms with van der Waals surface area (Å²) in [6.07, 6.45) is -0.737. The number of urea groups is 1. The molecule has 29 heavy (non-hydrogen) atoms. The predicted octanol–water partition coefficient (Wildman–Crippen LogP) is 0.722. The molecule has 10 nitrogen and oxygen atoms in total. The molecule has 2 aliphatic rings. The van der Waals surface area contributed by atoms with Crippen molar-refractivity contribution in [2.24, 2.45) is 0 Å². The van der Waals surface area contributed by atoms with Gasteiger partial charge in [0.25, 0.3) is 5.91 Å². The van der Waals surface area contributed by atoms with Crippen LogP contribution in [0.25, 0.3) is 0 Å². The van der Waals surface area contributed by atoms with E-state index in [1.807, 2.05) is 0 Å². The number of hydrogen-bond acceptors (Lipinski definition) is 6. The number of amides is 3. The molecular weight excluding hydrogens is 424 g/mol. The topological polar surface area (TPSA) is 117 Å². The highest BCUT2D eigenvalue weighted by atomic mass is 35.5. The van der Waals surface area contributed by atoms with Gasteiger partial charge in [0.2, 0.25) is 10.0 Å². The van der Waals surface area contributed by atoms with E-state index in [0.29, 0.717) is 18.8 Å². The zero-order valence-electron chi connectivity index (χ0n) is 16.1. The number of anilines is 1. The maximum absolute atomic E-state index is 13.1. The second-order valence-corrected chi connectivity index (χ2v) is 8.96. The lowest BCUT2D eigenvalue weighted by Gasteiger charge is -2.34. The molecule has 1 atom stereocenters. The van der Waals surface area contributed by atoms with Crippen molar-refractivity contribution in [3.05, 3.63) is 17.2 Å². The normalized spacial score (nSPS) is 19.9. The Balaban J connectivity index is 1.71. The van der Waals surface area contributed by atoms with Gasteiger partial charge < -0.3 is 25.0 Å². The van der Waals surface area contributed by atoms with Crippen molar-refractivity contribution in [1.82, 2.24) is 14.5 Å². The van der Waals surface area contributed by atoms with E-state index in [1.165, 1.54) is 16.4 Å². The number of benzene rings is 1. The molecule has 2 aliphatic heterocycles. The van der Waals surface area contributed by atoms with Gasteiger partial charge in [-0.05, 0) is 13.0 Å². The van der Waals surface area contributed by atoms with Crippen LogP contribution in [0.15, 0.2) is 17.0 Å². The molecule has 2 N–H and O–H groups in total. The third-order valence-corrected chi connectivity index (χ3v) is 7.05. The highest BCUT2D eigenvalue weighted by Gasteiger charge is 2.34. The Bertz CT molecular complexity index is 901. The summed E-state index contributed by atoms with van der Waals surface area (Å²) in [6.45, 7) is 3.14. The average molecular weight is 447 g/mol. The maximum Gasteiger partial charge on any atom is 0.317 e. The van der Waals surface area contributed by atoms with Crippen LogP contribution in [0.1, 0.15) is 6.92 Å². The molecule has 3 amide bonds. The Kier molecular flexibility index (Phi) is 6.52. The summed E-state index contributed by atoms with van der Waals surface area (Å²) in [4.78, 5) is 25.3. The number of nitrogens with one attached hydrogen (secondary N) is 2. The molecule has 0 aromatic heterocycles. The maximum atomic E-state index is 13.1. The number of halogens is 1. The molecule has 12 heteroatoms. The lowest BCUT2D eigenvalue weighted by atomic mass is 10.2. The number of nitrogens with zero attached hydrogens (tertiary/aromatic N) is 2. The number of rotatable bonds is 5. The van der Waals surface area contributed by atoms with Gasteiger partial charge in [-0.15, -0.1) is 0 Å². The Morgan fingerprint density at radius 2 is 2.03 bits per heavy atom. The molecule has 3 rings (SSSR count). The van der Waals surface area contributed by atoms with Crippen LogP contribution in [-0.4, -0.2) is 82.1 Å². The van der Waals surface area contributed by atoms with Gasteiger partial charge in [-0.1, -0.05) is 11.6 Å². The monoisotopic (exact) mass is 446 g/mol. The van der Waals surface area contributed by atoms with Crippen molar-refractivity contribution >= 4 is 39.2 Å². The van der Waals surface area contributed by atoms with Crippen LogP contribution in [0.2, 0.25) is 5.02 Å². The number of sulfonamides is 1. The second kappa shape index (κ2) is 8.74. The summed E-state index contributed by atoms with van der Waals surface area (Å²) >= 11 is 6.20. The molecule has 0 unspecified atom stereocenters. The van der Waals surface area contributed by atoms with Crippen molar-refractivity contribution in [1.29, 1.82) is 0 Å². The number of piperazine rings is 1. The first-order valence-electron chi connectivity index (χ1n) is 9.07. The average Bonchev–Trinajstić information content (AvgIpc) is 2.69. The van der Waals surface area contributed by atoms with E-state index in [2.05, 4.69) is 10.6 Å². The third-order valence-electron chi connectivity index (χ3n) is 4.69. The fourth-order valence-corrected chi connectivity index (χ4v) is 4.99. The van der Waals surface area contributed by atoms with Gasteiger partial charge >= 0.3 is 6.03 Å². The van der Waals surface area contributed by atoms with Gasteiger partial charge in [0, 0.05) is 45.9 Å². The standard InChI is InChI=1S/C17H23ClN4O6S/c1-11-16(23)20-13-9-12(18)15(10-14(13)28-11)29(25,26)22-6-4-21(5-7-22)17(24)19-3-8-27-2/h9-11H,3-8H2,1-2H3,(H,19,24)(H,20,23)/t11-/m1/s1. The number of carbonyl (C=O) groups is 2. The van der Waals surface area contributed by atoms with Crippen molar-refractivity contribution in [3.63, 3.8) is 0 Å². The van der Waals surface area contributed by atoms with Crippen LogP contribution in [-0.2, 0) is 19.6 Å². The highest BCUT2D eigenvalue weighted by Crippen LogP contribution is 2.37. The van der Waals surface area contributed by atoms with Crippen molar-refractivity contribution < 1.29 is 27.5 Å². The molecule has 1 aromatic carbocycles. The van der Waals surface area contributed by atoms with E-state index in [4.69, 9.17) is 21.1 Å². The van der Waals surface area contributed by atoms with Crippen LogP contribution >= 0.6 is 11.6 Å². The van der Waals surface area contributed by atoms with Crippen molar-refractivity contribution in [3.8, 4) is 5.75 Å². The molecule has 0 spiro atoms. The summed E-state index contributed by atoms with van der Waals surface area (Å²) in [5.41, 5.74) is 0.328. The summed E-state index contributed by atoms with van der Waals surface area (Å²) < 4.78 is 37.8. The van der Waals surface area contributed by atoms with Crippen molar-refractivity contribution in [2.45, 2.75) is 17.9 Å². The quantitative estimate of drug-likeness (QED) is 0.643. The smallest absolute Gasteiger partial charge is 0.317 e. The minimum Gasteiger partial charge on any atom is -0.479 e. The van der Waals surface area contributed by atoms with Crippen molar-refractivity contribution in [2.75, 3.05) is 51.8 Å². The molecule has 1 fully saturated rings. The van der Waals surface area contributed by atoms with E-state index in [-0.39, 0.29) is 53.8 Å². The summed E-state index contributed by atoms with van der Waals surface area (Å²) in [5.74, 6) is -0.0831. The Morgan fingerprint density at radius 3 is 2.69 bits per heavy atom. The first kappa shape index (κ1) is 21.6. The van der Waals surface area contributed by atoms with Gasteiger partial charge in [-0.2, -0.15) is 4.31 Å². The van der Waals surface area contributed by atoms with Gasteiger partial charge in [-0.25, -0.2) is 13.2 Å². The number of fused-ring (bicyclic) bond motifs is 1. The Labute approximate surface area is 174 Å². The molecule has 160 valence electrons. The van der Waals surface area contributed by atoms with E-state index < -0.39 is 16.1 Å². The van der Waals surface area contributed by atoms with E-state index in [0.717, 1.165) is 0 Å². The van der Waals surface area contributed by atoms with E-state index in [9.17, 15) is 18.0 Å². The molecule has 1 saturated heterocycles.